The van der Waals surface area contributed by atoms with Crippen molar-refractivity contribution in [3.8, 4) is 39.9 Å². The first-order valence-corrected chi connectivity index (χ1v) is 10.5. The summed E-state index contributed by atoms with van der Waals surface area (Å²) in [5.41, 5.74) is 2.87. The van der Waals surface area contributed by atoms with Gasteiger partial charge >= 0.3 is 0 Å². The Hall–Kier alpha value is -4.19. The first kappa shape index (κ1) is 20.7. The second kappa shape index (κ2) is 8.74. The van der Waals surface area contributed by atoms with Gasteiger partial charge < -0.3 is 23.7 Å². The number of methoxy groups -OCH3 is 2. The van der Waals surface area contributed by atoms with Crippen molar-refractivity contribution in [2.75, 3.05) is 21.0 Å². The Morgan fingerprint density at radius 1 is 0.848 bits per heavy atom. The fourth-order valence-electron chi connectivity index (χ4n) is 4.09. The Balaban J connectivity index is 1.72. The van der Waals surface area contributed by atoms with Crippen LogP contribution in [-0.2, 0) is 6.61 Å². The summed E-state index contributed by atoms with van der Waals surface area (Å²) >= 11 is 0. The van der Waals surface area contributed by atoms with Gasteiger partial charge in [-0.15, -0.1) is 0 Å². The zero-order valence-electron chi connectivity index (χ0n) is 18.3. The minimum Gasteiger partial charge on any atom is -0.493 e. The first-order valence-electron chi connectivity index (χ1n) is 10.5. The summed E-state index contributed by atoms with van der Waals surface area (Å²) in [5, 5.41) is 1.80. The molecule has 0 bridgehead atoms. The molecular formula is C27H22O6. The Morgan fingerprint density at radius 2 is 1.61 bits per heavy atom. The number of hydrogen-bond acceptors (Lipinski definition) is 6. The van der Waals surface area contributed by atoms with Crippen molar-refractivity contribution in [3.63, 3.8) is 0 Å². The van der Waals surface area contributed by atoms with Gasteiger partial charge in [-0.05, 0) is 46.8 Å². The van der Waals surface area contributed by atoms with Gasteiger partial charge in [0.05, 0.1) is 19.8 Å². The molecular weight excluding hydrogens is 420 g/mol. The molecule has 5 rings (SSSR count). The van der Waals surface area contributed by atoms with E-state index >= 15 is 0 Å². The molecule has 0 aromatic heterocycles. The molecule has 33 heavy (non-hydrogen) atoms. The second-order valence-corrected chi connectivity index (χ2v) is 7.52. The second-order valence-electron chi connectivity index (χ2n) is 7.52. The molecule has 1 aliphatic heterocycles. The molecule has 1 aliphatic rings. The maximum Gasteiger partial charge on any atom is 0.231 e. The van der Waals surface area contributed by atoms with Crippen molar-refractivity contribution in [1.82, 2.24) is 0 Å². The van der Waals surface area contributed by atoms with Gasteiger partial charge in [0.1, 0.15) is 12.4 Å². The third-order valence-corrected chi connectivity index (χ3v) is 5.68. The van der Waals surface area contributed by atoms with Crippen molar-refractivity contribution in [2.24, 2.45) is 0 Å². The van der Waals surface area contributed by atoms with Crippen LogP contribution in [0.1, 0.15) is 15.9 Å². The lowest BCUT2D eigenvalue weighted by atomic mass is 9.95. The molecule has 166 valence electrons. The van der Waals surface area contributed by atoms with E-state index in [0.29, 0.717) is 46.5 Å². The van der Waals surface area contributed by atoms with Crippen molar-refractivity contribution >= 4 is 17.1 Å². The van der Waals surface area contributed by atoms with E-state index in [-0.39, 0.29) is 6.79 Å². The van der Waals surface area contributed by atoms with Gasteiger partial charge in [-0.1, -0.05) is 36.4 Å². The molecule has 0 saturated heterocycles. The van der Waals surface area contributed by atoms with Gasteiger partial charge in [-0.3, -0.25) is 4.79 Å². The lowest BCUT2D eigenvalue weighted by molar-refractivity contribution is 0.112. The molecule has 6 nitrogen and oxygen atoms in total. The SMILES string of the molecule is COc1ccc(-c2ccc3cc4c(cc3c2OCc2ccccc2)OCO4)c(C=O)c1OC. The Morgan fingerprint density at radius 3 is 2.33 bits per heavy atom. The molecule has 0 fully saturated rings. The lowest BCUT2D eigenvalue weighted by Gasteiger charge is -2.18. The largest absolute Gasteiger partial charge is 0.493 e. The van der Waals surface area contributed by atoms with Crippen molar-refractivity contribution < 1.29 is 28.5 Å². The zero-order valence-corrected chi connectivity index (χ0v) is 18.3. The average Bonchev–Trinajstić information content (AvgIpc) is 3.33. The average molecular weight is 442 g/mol. The summed E-state index contributed by atoms with van der Waals surface area (Å²) < 4.78 is 28.4. The van der Waals surface area contributed by atoms with Crippen LogP contribution in [-0.4, -0.2) is 27.3 Å². The minimum absolute atomic E-state index is 0.184. The molecule has 4 aromatic carbocycles. The van der Waals surface area contributed by atoms with Gasteiger partial charge in [0.15, 0.2) is 29.3 Å². The van der Waals surface area contributed by atoms with E-state index in [1.165, 1.54) is 7.11 Å². The molecule has 0 atom stereocenters. The Labute approximate surface area is 191 Å². The van der Waals surface area contributed by atoms with Crippen LogP contribution in [0.2, 0.25) is 0 Å². The van der Waals surface area contributed by atoms with E-state index in [1.54, 1.807) is 13.2 Å². The smallest absolute Gasteiger partial charge is 0.231 e. The summed E-state index contributed by atoms with van der Waals surface area (Å²) in [6.07, 6.45) is 0.779. The van der Waals surface area contributed by atoms with Gasteiger partial charge in [-0.2, -0.15) is 0 Å². The van der Waals surface area contributed by atoms with E-state index in [1.807, 2.05) is 60.7 Å². The number of fused-ring (bicyclic) bond motifs is 2. The molecule has 0 radical (unpaired) electrons. The third-order valence-electron chi connectivity index (χ3n) is 5.68. The van der Waals surface area contributed by atoms with Gasteiger partial charge in [0.2, 0.25) is 6.79 Å². The molecule has 0 saturated carbocycles. The molecule has 0 aliphatic carbocycles. The summed E-state index contributed by atoms with van der Waals surface area (Å²) in [5.74, 6) is 2.87. The highest BCUT2D eigenvalue weighted by atomic mass is 16.7. The van der Waals surface area contributed by atoms with E-state index in [4.69, 9.17) is 23.7 Å². The van der Waals surface area contributed by atoms with Crippen molar-refractivity contribution in [1.29, 1.82) is 0 Å². The lowest BCUT2D eigenvalue weighted by Crippen LogP contribution is -2.01. The van der Waals surface area contributed by atoms with Gasteiger partial charge in [-0.25, -0.2) is 0 Å². The molecule has 0 spiro atoms. The van der Waals surface area contributed by atoms with Gasteiger partial charge in [0.25, 0.3) is 0 Å². The van der Waals surface area contributed by atoms with Crippen LogP contribution >= 0.6 is 0 Å². The van der Waals surface area contributed by atoms with Crippen molar-refractivity contribution in [2.45, 2.75) is 6.61 Å². The number of ether oxygens (including phenoxy) is 5. The van der Waals surface area contributed by atoms with Gasteiger partial charge in [0, 0.05) is 10.9 Å². The third kappa shape index (κ3) is 3.69. The van der Waals surface area contributed by atoms with Crippen LogP contribution in [0, 0.1) is 0 Å². The Kier molecular flexibility index (Phi) is 5.48. The number of hydrogen-bond donors (Lipinski definition) is 0. The maximum absolute atomic E-state index is 12.1. The Bertz CT molecular complexity index is 1330. The van der Waals surface area contributed by atoms with Crippen LogP contribution in [0.3, 0.4) is 0 Å². The fraction of sp³-hybridized carbons (Fsp3) is 0.148. The van der Waals surface area contributed by atoms with E-state index in [2.05, 4.69) is 0 Å². The molecule has 4 aromatic rings. The predicted octanol–water partition coefficient (Wildman–Crippen LogP) is 5.64. The quantitative estimate of drug-likeness (QED) is 0.345. The molecule has 0 N–H and O–H groups in total. The highest BCUT2D eigenvalue weighted by molar-refractivity contribution is 6.01. The number of aldehydes is 1. The summed E-state index contributed by atoms with van der Waals surface area (Å²) in [4.78, 5) is 12.1. The number of rotatable bonds is 7. The minimum atomic E-state index is 0.184. The summed E-state index contributed by atoms with van der Waals surface area (Å²) in [6.45, 7) is 0.550. The van der Waals surface area contributed by atoms with Crippen molar-refractivity contribution in [3.05, 3.63) is 77.9 Å². The van der Waals surface area contributed by atoms with Crippen LogP contribution in [0.25, 0.3) is 21.9 Å². The summed E-state index contributed by atoms with van der Waals surface area (Å²) in [6, 6.07) is 21.3. The molecule has 0 amide bonds. The number of carbonyl (C=O) groups is 1. The van der Waals surface area contributed by atoms with E-state index in [9.17, 15) is 4.79 Å². The zero-order chi connectivity index (χ0) is 22.8. The highest BCUT2D eigenvalue weighted by Crippen LogP contribution is 2.46. The summed E-state index contributed by atoms with van der Waals surface area (Å²) in [7, 11) is 3.06. The van der Waals surface area contributed by atoms with Crippen LogP contribution in [0.5, 0.6) is 28.7 Å². The number of benzene rings is 4. The molecule has 6 heteroatoms. The molecule has 1 heterocycles. The topological polar surface area (TPSA) is 63.2 Å². The fourth-order valence-corrected chi connectivity index (χ4v) is 4.09. The highest BCUT2D eigenvalue weighted by Gasteiger charge is 2.22. The predicted molar refractivity (Wildman–Crippen MR) is 125 cm³/mol. The van der Waals surface area contributed by atoms with Crippen LogP contribution in [0.4, 0.5) is 0 Å². The van der Waals surface area contributed by atoms with Crippen LogP contribution < -0.4 is 23.7 Å². The maximum atomic E-state index is 12.1. The van der Waals surface area contributed by atoms with Crippen LogP contribution in [0.15, 0.2) is 66.7 Å². The van der Waals surface area contributed by atoms with E-state index in [0.717, 1.165) is 28.2 Å². The number of carbonyl (C=O) groups excluding carboxylic acids is 1. The molecule has 0 unspecified atom stereocenters. The first-order chi connectivity index (χ1) is 16.2. The van der Waals surface area contributed by atoms with E-state index < -0.39 is 0 Å². The standard InChI is InChI=1S/C27H22O6/c1-29-23-11-10-19(22(14-28)27(23)30-2)20-9-8-18-12-24-25(33-16-32-24)13-21(18)26(20)31-15-17-6-4-3-5-7-17/h3-14H,15-16H2,1-2H3. The normalized spacial score (nSPS) is 11.9. The monoisotopic (exact) mass is 442 g/mol.